The minimum Gasteiger partial charge on any atom is -0.497 e. The van der Waals surface area contributed by atoms with Crippen molar-refractivity contribution in [2.24, 2.45) is 23.7 Å². The lowest BCUT2D eigenvalue weighted by Gasteiger charge is -2.34. The van der Waals surface area contributed by atoms with Crippen LogP contribution in [-0.2, 0) is 16.0 Å². The Bertz CT molecular complexity index is 768. The number of rotatable bonds is 7. The van der Waals surface area contributed by atoms with Gasteiger partial charge in [0.15, 0.2) is 0 Å². The number of hydrogen-bond donors (Lipinski definition) is 2. The Morgan fingerprint density at radius 3 is 2.38 bits per heavy atom. The summed E-state index contributed by atoms with van der Waals surface area (Å²) in [5.41, 5.74) is 1.30. The number of hydrogen-bond acceptors (Lipinski definition) is 4. The average molecular weight is 399 g/mol. The number of fused-ring (bicyclic) bond motifs is 2. The SMILES string of the molecule is COc1ccc(CCN2CCC(NC(=O)C3C(C(=O)O)[C@H]4C=C[C@@H]3C4)CC2)cc1. The first-order chi connectivity index (χ1) is 14.0. The molecular weight excluding hydrogens is 368 g/mol. The van der Waals surface area contributed by atoms with Crippen LogP contribution in [0, 0.1) is 23.7 Å². The van der Waals surface area contributed by atoms with Crippen LogP contribution in [-0.4, -0.2) is 54.7 Å². The van der Waals surface area contributed by atoms with Crippen LogP contribution in [0.3, 0.4) is 0 Å². The number of piperidine rings is 1. The van der Waals surface area contributed by atoms with Crippen LogP contribution in [0.1, 0.15) is 24.8 Å². The van der Waals surface area contributed by atoms with Gasteiger partial charge < -0.3 is 20.1 Å². The number of aliphatic carboxylic acids is 1. The summed E-state index contributed by atoms with van der Waals surface area (Å²) in [5.74, 6) is -0.883. The highest BCUT2D eigenvalue weighted by Gasteiger charge is 2.51. The number of nitrogens with zero attached hydrogens (tertiary/aromatic N) is 1. The van der Waals surface area contributed by atoms with Crippen LogP contribution in [0.15, 0.2) is 36.4 Å². The molecule has 1 aromatic carbocycles. The van der Waals surface area contributed by atoms with E-state index >= 15 is 0 Å². The van der Waals surface area contributed by atoms with Gasteiger partial charge in [0, 0.05) is 25.7 Å². The van der Waals surface area contributed by atoms with E-state index in [1.54, 1.807) is 7.11 Å². The van der Waals surface area contributed by atoms with E-state index in [4.69, 9.17) is 4.74 Å². The number of carboxylic acid groups (broad SMARTS) is 1. The van der Waals surface area contributed by atoms with E-state index < -0.39 is 17.8 Å². The Morgan fingerprint density at radius 1 is 1.10 bits per heavy atom. The predicted octanol–water partition coefficient (Wildman–Crippen LogP) is 2.34. The molecule has 2 fully saturated rings. The number of amides is 1. The second kappa shape index (κ2) is 8.57. The monoisotopic (exact) mass is 398 g/mol. The summed E-state index contributed by atoms with van der Waals surface area (Å²) in [6, 6.07) is 8.35. The van der Waals surface area contributed by atoms with Crippen molar-refractivity contribution in [3.8, 4) is 5.75 Å². The van der Waals surface area contributed by atoms with Gasteiger partial charge in [-0.05, 0) is 55.2 Å². The smallest absolute Gasteiger partial charge is 0.307 e. The van der Waals surface area contributed by atoms with Gasteiger partial charge >= 0.3 is 5.97 Å². The normalized spacial score (nSPS) is 29.1. The van der Waals surface area contributed by atoms with E-state index in [9.17, 15) is 14.7 Å². The number of allylic oxidation sites excluding steroid dienone is 2. The topological polar surface area (TPSA) is 78.9 Å². The second-order valence-corrected chi connectivity index (χ2v) is 8.56. The first-order valence-corrected chi connectivity index (χ1v) is 10.6. The maximum absolute atomic E-state index is 12.8. The first-order valence-electron chi connectivity index (χ1n) is 10.6. The number of carbonyl (C=O) groups excluding carboxylic acids is 1. The fourth-order valence-corrected chi connectivity index (χ4v) is 5.19. The van der Waals surface area contributed by atoms with Gasteiger partial charge in [0.1, 0.15) is 5.75 Å². The summed E-state index contributed by atoms with van der Waals surface area (Å²) in [5, 5.41) is 12.7. The zero-order valence-corrected chi connectivity index (χ0v) is 16.9. The number of nitrogens with one attached hydrogen (secondary N) is 1. The van der Waals surface area contributed by atoms with Gasteiger partial charge in [-0.2, -0.15) is 0 Å². The standard InChI is InChI=1S/C23H30N2O4/c1-29-19-6-2-15(3-7-19)8-11-25-12-9-18(10-13-25)24-22(26)20-16-4-5-17(14-16)21(20)23(27)28/h2-7,16-18,20-21H,8-14H2,1H3,(H,24,26)(H,27,28)/t16-,17+,20?,21?/m1/s1. The fraction of sp³-hybridized carbons (Fsp3) is 0.565. The molecule has 3 aliphatic rings. The van der Waals surface area contributed by atoms with Crippen LogP contribution in [0.4, 0.5) is 0 Å². The molecule has 0 aromatic heterocycles. The Morgan fingerprint density at radius 2 is 1.76 bits per heavy atom. The third-order valence-electron chi connectivity index (χ3n) is 6.86. The predicted molar refractivity (Wildman–Crippen MR) is 110 cm³/mol. The zero-order chi connectivity index (χ0) is 20.4. The van der Waals surface area contributed by atoms with E-state index in [1.807, 2.05) is 24.3 Å². The van der Waals surface area contributed by atoms with Crippen molar-refractivity contribution in [3.05, 3.63) is 42.0 Å². The molecule has 4 atom stereocenters. The van der Waals surface area contributed by atoms with E-state index in [2.05, 4.69) is 22.3 Å². The van der Waals surface area contributed by atoms with Gasteiger partial charge in [-0.3, -0.25) is 9.59 Å². The van der Waals surface area contributed by atoms with Crippen LogP contribution in [0.5, 0.6) is 5.75 Å². The van der Waals surface area contributed by atoms with E-state index in [0.717, 1.165) is 51.1 Å². The molecule has 0 spiro atoms. The summed E-state index contributed by atoms with van der Waals surface area (Å²) >= 11 is 0. The lowest BCUT2D eigenvalue weighted by molar-refractivity contribution is -0.148. The summed E-state index contributed by atoms with van der Waals surface area (Å²) in [4.78, 5) is 26.9. The molecule has 1 saturated carbocycles. The highest BCUT2D eigenvalue weighted by molar-refractivity contribution is 5.87. The minimum absolute atomic E-state index is 0.0213. The van der Waals surface area contributed by atoms with E-state index in [-0.39, 0.29) is 23.8 Å². The third-order valence-corrected chi connectivity index (χ3v) is 6.86. The van der Waals surface area contributed by atoms with Crippen molar-refractivity contribution in [2.75, 3.05) is 26.7 Å². The van der Waals surface area contributed by atoms with Gasteiger partial charge in [-0.25, -0.2) is 0 Å². The molecule has 0 radical (unpaired) electrons. The molecule has 29 heavy (non-hydrogen) atoms. The Balaban J connectivity index is 1.23. The molecule has 1 saturated heterocycles. The molecule has 1 amide bonds. The number of likely N-dealkylation sites (tertiary alicyclic amines) is 1. The molecule has 2 bridgehead atoms. The molecule has 6 nitrogen and oxygen atoms in total. The Kier molecular flexibility index (Phi) is 5.90. The Hall–Kier alpha value is -2.34. The van der Waals surface area contributed by atoms with E-state index in [1.165, 1.54) is 5.56 Å². The third kappa shape index (κ3) is 4.32. The summed E-state index contributed by atoms with van der Waals surface area (Å²) in [6.45, 7) is 2.92. The van der Waals surface area contributed by atoms with Crippen molar-refractivity contribution in [1.29, 1.82) is 0 Å². The molecule has 4 rings (SSSR count). The first kappa shape index (κ1) is 20.0. The zero-order valence-electron chi connectivity index (χ0n) is 16.9. The molecule has 2 aliphatic carbocycles. The van der Waals surface area contributed by atoms with Crippen molar-refractivity contribution in [1.82, 2.24) is 10.2 Å². The fourth-order valence-electron chi connectivity index (χ4n) is 5.19. The number of carboxylic acids is 1. The van der Waals surface area contributed by atoms with Crippen LogP contribution in [0.25, 0.3) is 0 Å². The van der Waals surface area contributed by atoms with Crippen LogP contribution >= 0.6 is 0 Å². The van der Waals surface area contributed by atoms with Gasteiger partial charge in [-0.15, -0.1) is 0 Å². The van der Waals surface area contributed by atoms with Crippen molar-refractivity contribution in [2.45, 2.75) is 31.7 Å². The molecule has 156 valence electrons. The molecular formula is C23H30N2O4. The highest BCUT2D eigenvalue weighted by atomic mass is 16.5. The molecule has 1 aromatic rings. The average Bonchev–Trinajstić information content (AvgIpc) is 3.35. The maximum Gasteiger partial charge on any atom is 0.307 e. The van der Waals surface area contributed by atoms with Gasteiger partial charge in [-0.1, -0.05) is 24.3 Å². The van der Waals surface area contributed by atoms with Gasteiger partial charge in [0.05, 0.1) is 18.9 Å². The van der Waals surface area contributed by atoms with Crippen molar-refractivity contribution in [3.63, 3.8) is 0 Å². The summed E-state index contributed by atoms with van der Waals surface area (Å²) in [7, 11) is 1.67. The largest absolute Gasteiger partial charge is 0.497 e. The van der Waals surface area contributed by atoms with Crippen molar-refractivity contribution >= 4 is 11.9 Å². The van der Waals surface area contributed by atoms with Crippen molar-refractivity contribution < 1.29 is 19.4 Å². The molecule has 1 heterocycles. The van der Waals surface area contributed by atoms with Crippen LogP contribution < -0.4 is 10.1 Å². The number of methoxy groups -OCH3 is 1. The van der Waals surface area contributed by atoms with Crippen LogP contribution in [0.2, 0.25) is 0 Å². The lowest BCUT2D eigenvalue weighted by Crippen LogP contribution is -2.49. The maximum atomic E-state index is 12.8. The summed E-state index contributed by atoms with van der Waals surface area (Å²) < 4.78 is 5.20. The number of carbonyl (C=O) groups is 2. The number of benzene rings is 1. The molecule has 1 aliphatic heterocycles. The molecule has 2 N–H and O–H groups in total. The highest BCUT2D eigenvalue weighted by Crippen LogP contribution is 2.48. The second-order valence-electron chi connectivity index (χ2n) is 8.56. The lowest BCUT2D eigenvalue weighted by atomic mass is 9.82. The number of ether oxygens (including phenoxy) is 1. The molecule has 2 unspecified atom stereocenters. The summed E-state index contributed by atoms with van der Waals surface area (Å²) in [6.07, 6.45) is 7.66. The van der Waals surface area contributed by atoms with Gasteiger partial charge in [0.25, 0.3) is 0 Å². The molecule has 6 heteroatoms. The minimum atomic E-state index is -0.838. The quantitative estimate of drug-likeness (QED) is 0.690. The van der Waals surface area contributed by atoms with Gasteiger partial charge in [0.2, 0.25) is 5.91 Å². The van der Waals surface area contributed by atoms with E-state index in [0.29, 0.717) is 0 Å². The Labute approximate surface area is 171 Å².